The van der Waals surface area contributed by atoms with Crippen molar-refractivity contribution in [3.8, 4) is 0 Å². The summed E-state index contributed by atoms with van der Waals surface area (Å²) in [5.74, 6) is -0.734. The van der Waals surface area contributed by atoms with Gasteiger partial charge in [0, 0.05) is 17.6 Å². The number of halogens is 1. The molecule has 1 aliphatic rings. The van der Waals surface area contributed by atoms with E-state index in [9.17, 15) is 18.0 Å². The number of aryl methyl sites for hydroxylation is 2. The third-order valence-electron chi connectivity index (χ3n) is 6.54. The minimum absolute atomic E-state index is 0.0854. The number of sulfonamides is 1. The highest BCUT2D eigenvalue weighted by atomic mass is 35.5. The van der Waals surface area contributed by atoms with Crippen LogP contribution in [0.15, 0.2) is 42.5 Å². The Hall–Kier alpha value is -2.58. The summed E-state index contributed by atoms with van der Waals surface area (Å²) in [4.78, 5) is 28.2. The molecule has 2 aromatic carbocycles. The summed E-state index contributed by atoms with van der Waals surface area (Å²) in [6.07, 6.45) is 5.07. The van der Waals surface area contributed by atoms with Gasteiger partial charge in [-0.1, -0.05) is 60.8 Å². The second-order valence-electron chi connectivity index (χ2n) is 9.29. The number of rotatable bonds is 9. The Balaban J connectivity index is 1.93. The summed E-state index contributed by atoms with van der Waals surface area (Å²) in [7, 11) is -3.78. The average molecular weight is 520 g/mol. The van der Waals surface area contributed by atoms with E-state index in [2.05, 4.69) is 5.32 Å². The molecule has 2 amide bonds. The molecule has 1 aliphatic carbocycles. The molecular weight excluding hydrogens is 486 g/mol. The zero-order valence-electron chi connectivity index (χ0n) is 20.8. The monoisotopic (exact) mass is 519 g/mol. The van der Waals surface area contributed by atoms with Gasteiger partial charge >= 0.3 is 0 Å². The molecule has 3 rings (SSSR count). The standard InChI is InChI=1S/C26H34ClN3O4S/c1-18-10-9-11-19(2)25(18)30(35(4,33)34)17-24(31)29(16-21-12-5-8-15-23(21)27)20(3)26(32)28-22-13-6-7-14-22/h5,8-12,15,20,22H,6-7,13-14,16-17H2,1-4H3,(H,28,32)/t20-/m1/s1. The van der Waals surface area contributed by atoms with Gasteiger partial charge in [0.2, 0.25) is 21.8 Å². The summed E-state index contributed by atoms with van der Waals surface area (Å²) in [5.41, 5.74) is 2.64. The zero-order valence-corrected chi connectivity index (χ0v) is 22.3. The Morgan fingerprint density at radius 2 is 1.66 bits per heavy atom. The molecule has 1 atom stereocenters. The van der Waals surface area contributed by atoms with Crippen LogP contribution < -0.4 is 9.62 Å². The number of carbonyl (C=O) groups excluding carboxylic acids is 2. The fourth-order valence-corrected chi connectivity index (χ4v) is 5.72. The number of carbonyl (C=O) groups is 2. The van der Waals surface area contributed by atoms with Crippen molar-refractivity contribution in [2.75, 3.05) is 17.1 Å². The third-order valence-corrected chi connectivity index (χ3v) is 8.02. The Labute approximate surface area is 213 Å². The lowest BCUT2D eigenvalue weighted by atomic mass is 10.1. The minimum Gasteiger partial charge on any atom is -0.352 e. The van der Waals surface area contributed by atoms with Gasteiger partial charge in [-0.15, -0.1) is 0 Å². The molecule has 190 valence electrons. The normalized spacial score (nSPS) is 15.0. The van der Waals surface area contributed by atoms with Gasteiger partial charge in [-0.3, -0.25) is 13.9 Å². The number of anilines is 1. The smallest absolute Gasteiger partial charge is 0.244 e. The lowest BCUT2D eigenvalue weighted by Crippen LogP contribution is -2.52. The third kappa shape index (κ3) is 6.76. The molecule has 35 heavy (non-hydrogen) atoms. The van der Waals surface area contributed by atoms with Crippen molar-refractivity contribution in [2.45, 2.75) is 65.1 Å². The quantitative estimate of drug-likeness (QED) is 0.538. The van der Waals surface area contributed by atoms with Gasteiger partial charge in [0.1, 0.15) is 12.6 Å². The Bertz CT molecular complexity index is 1160. The Morgan fingerprint density at radius 1 is 1.06 bits per heavy atom. The van der Waals surface area contributed by atoms with Crippen LogP contribution in [0.4, 0.5) is 5.69 Å². The van der Waals surface area contributed by atoms with Gasteiger partial charge in [-0.25, -0.2) is 8.42 Å². The number of para-hydroxylation sites is 1. The van der Waals surface area contributed by atoms with Gasteiger partial charge in [-0.05, 0) is 56.4 Å². The lowest BCUT2D eigenvalue weighted by Gasteiger charge is -2.33. The maximum absolute atomic E-state index is 13.7. The molecule has 7 nitrogen and oxygen atoms in total. The molecule has 0 radical (unpaired) electrons. The predicted molar refractivity (Wildman–Crippen MR) is 140 cm³/mol. The van der Waals surface area contributed by atoms with Crippen molar-refractivity contribution in [1.82, 2.24) is 10.2 Å². The van der Waals surface area contributed by atoms with Crippen LogP contribution in [0.1, 0.15) is 49.3 Å². The van der Waals surface area contributed by atoms with Crippen molar-refractivity contribution < 1.29 is 18.0 Å². The summed E-state index contributed by atoms with van der Waals surface area (Å²) in [5, 5.41) is 3.53. The summed E-state index contributed by atoms with van der Waals surface area (Å²) in [6, 6.07) is 11.9. The molecule has 1 saturated carbocycles. The molecule has 0 aliphatic heterocycles. The highest BCUT2D eigenvalue weighted by Crippen LogP contribution is 2.27. The largest absolute Gasteiger partial charge is 0.352 e. The van der Waals surface area contributed by atoms with Crippen LogP contribution in [0.5, 0.6) is 0 Å². The second kappa shape index (κ2) is 11.4. The van der Waals surface area contributed by atoms with Crippen LogP contribution in [0.2, 0.25) is 5.02 Å². The SMILES string of the molecule is Cc1cccc(C)c1N(CC(=O)N(Cc1ccccc1Cl)[C@H](C)C(=O)NC1CCCC1)S(C)(=O)=O. The number of nitrogens with one attached hydrogen (secondary N) is 1. The zero-order chi connectivity index (χ0) is 25.8. The minimum atomic E-state index is -3.78. The van der Waals surface area contributed by atoms with E-state index in [-0.39, 0.29) is 18.5 Å². The van der Waals surface area contributed by atoms with E-state index < -0.39 is 28.5 Å². The molecule has 0 aromatic heterocycles. The molecule has 0 bridgehead atoms. The van der Waals surface area contributed by atoms with Crippen molar-refractivity contribution >= 4 is 39.1 Å². The fourth-order valence-electron chi connectivity index (χ4n) is 4.56. The number of hydrogen-bond donors (Lipinski definition) is 1. The first-order valence-electron chi connectivity index (χ1n) is 11.9. The van der Waals surface area contributed by atoms with E-state index in [4.69, 9.17) is 11.6 Å². The molecule has 0 unspecified atom stereocenters. The number of nitrogens with zero attached hydrogens (tertiary/aromatic N) is 2. The summed E-state index contributed by atoms with van der Waals surface area (Å²) >= 11 is 6.37. The second-order valence-corrected chi connectivity index (χ2v) is 11.6. The summed E-state index contributed by atoms with van der Waals surface area (Å²) in [6.45, 7) is 4.95. The molecular formula is C26H34ClN3O4S. The first kappa shape index (κ1) is 27.0. The number of amides is 2. The Morgan fingerprint density at radius 3 is 2.23 bits per heavy atom. The molecule has 1 fully saturated rings. The molecule has 9 heteroatoms. The predicted octanol–water partition coefficient (Wildman–Crippen LogP) is 4.20. The fraction of sp³-hybridized carbons (Fsp3) is 0.462. The van der Waals surface area contributed by atoms with E-state index in [0.29, 0.717) is 16.3 Å². The maximum atomic E-state index is 13.7. The van der Waals surface area contributed by atoms with E-state index >= 15 is 0 Å². The topological polar surface area (TPSA) is 86.8 Å². The van der Waals surface area contributed by atoms with Crippen LogP contribution in [-0.4, -0.2) is 50.0 Å². The number of hydrogen-bond acceptors (Lipinski definition) is 4. The van der Waals surface area contributed by atoms with Crippen LogP contribution in [-0.2, 0) is 26.2 Å². The van der Waals surface area contributed by atoms with Gasteiger partial charge in [-0.2, -0.15) is 0 Å². The molecule has 0 saturated heterocycles. The average Bonchev–Trinajstić information content (AvgIpc) is 3.29. The van der Waals surface area contributed by atoms with Crippen molar-refractivity contribution in [3.05, 3.63) is 64.2 Å². The van der Waals surface area contributed by atoms with E-state index in [0.717, 1.165) is 47.4 Å². The maximum Gasteiger partial charge on any atom is 0.244 e. The first-order valence-corrected chi connectivity index (χ1v) is 14.1. The first-order chi connectivity index (χ1) is 16.5. The molecule has 1 N–H and O–H groups in total. The summed E-state index contributed by atoms with van der Waals surface area (Å²) < 4.78 is 26.7. The van der Waals surface area contributed by atoms with Crippen molar-refractivity contribution in [1.29, 1.82) is 0 Å². The molecule has 0 heterocycles. The molecule has 0 spiro atoms. The van der Waals surface area contributed by atoms with Gasteiger partial charge < -0.3 is 10.2 Å². The highest BCUT2D eigenvalue weighted by molar-refractivity contribution is 7.92. The Kier molecular flexibility index (Phi) is 8.83. The van der Waals surface area contributed by atoms with Crippen molar-refractivity contribution in [2.24, 2.45) is 0 Å². The van der Waals surface area contributed by atoms with E-state index in [1.165, 1.54) is 4.90 Å². The van der Waals surface area contributed by atoms with Gasteiger partial charge in [0.05, 0.1) is 11.9 Å². The van der Waals surface area contributed by atoms with Crippen LogP contribution in [0.3, 0.4) is 0 Å². The molecule has 2 aromatic rings. The lowest BCUT2D eigenvalue weighted by molar-refractivity contribution is -0.139. The highest BCUT2D eigenvalue weighted by Gasteiger charge is 2.32. The van der Waals surface area contributed by atoms with Crippen LogP contribution in [0.25, 0.3) is 0 Å². The van der Waals surface area contributed by atoms with E-state index in [1.807, 2.05) is 38.1 Å². The van der Waals surface area contributed by atoms with E-state index in [1.54, 1.807) is 25.1 Å². The van der Waals surface area contributed by atoms with Crippen LogP contribution >= 0.6 is 11.6 Å². The van der Waals surface area contributed by atoms with Crippen molar-refractivity contribution in [3.63, 3.8) is 0 Å². The van der Waals surface area contributed by atoms with Gasteiger partial charge in [0.15, 0.2) is 0 Å². The number of benzene rings is 2. The van der Waals surface area contributed by atoms with Gasteiger partial charge in [0.25, 0.3) is 0 Å². The van der Waals surface area contributed by atoms with Crippen LogP contribution in [0, 0.1) is 13.8 Å².